The highest BCUT2D eigenvalue weighted by molar-refractivity contribution is 6.12. The molecule has 0 saturated carbocycles. The average molecular weight is 316 g/mol. The molecule has 1 amide bonds. The van der Waals surface area contributed by atoms with E-state index in [0.29, 0.717) is 11.3 Å². The molecule has 0 radical (unpaired) electrons. The van der Waals surface area contributed by atoms with E-state index >= 15 is 0 Å². The fourth-order valence-corrected chi connectivity index (χ4v) is 2.68. The van der Waals surface area contributed by atoms with E-state index in [-0.39, 0.29) is 5.91 Å². The highest BCUT2D eigenvalue weighted by atomic mass is 16.1. The predicted octanol–water partition coefficient (Wildman–Crippen LogP) is 3.91. The number of hydrogen-bond acceptors (Lipinski definition) is 2. The van der Waals surface area contributed by atoms with Crippen molar-refractivity contribution in [3.8, 4) is 5.69 Å². The second kappa shape index (κ2) is 5.70. The lowest BCUT2D eigenvalue weighted by atomic mass is 10.1. The third-order valence-corrected chi connectivity index (χ3v) is 3.97. The fourth-order valence-electron chi connectivity index (χ4n) is 2.68. The van der Waals surface area contributed by atoms with Gasteiger partial charge in [0.05, 0.1) is 29.3 Å². The van der Waals surface area contributed by atoms with Gasteiger partial charge in [-0.25, -0.2) is 4.68 Å². The summed E-state index contributed by atoms with van der Waals surface area (Å²) >= 11 is 0. The number of para-hydroxylation sites is 1. The van der Waals surface area contributed by atoms with Crippen molar-refractivity contribution in [3.63, 3.8) is 0 Å². The molecule has 4 rings (SSSR count). The number of H-pyrrole nitrogens is 1. The summed E-state index contributed by atoms with van der Waals surface area (Å²) in [6, 6.07) is 15.8. The second-order valence-electron chi connectivity index (χ2n) is 5.71. The molecule has 5 nitrogen and oxygen atoms in total. The van der Waals surface area contributed by atoms with Crippen molar-refractivity contribution in [1.29, 1.82) is 0 Å². The summed E-state index contributed by atoms with van der Waals surface area (Å²) in [5.41, 5.74) is 4.37. The number of anilines is 1. The molecule has 0 aliphatic heterocycles. The van der Waals surface area contributed by atoms with Crippen LogP contribution in [0.5, 0.6) is 0 Å². The van der Waals surface area contributed by atoms with E-state index in [1.807, 2.05) is 55.5 Å². The Bertz CT molecular complexity index is 1010. The Balaban J connectivity index is 1.57. The molecule has 0 aliphatic rings. The molecule has 4 aromatic rings. The van der Waals surface area contributed by atoms with Gasteiger partial charge in [-0.3, -0.25) is 4.79 Å². The maximum atomic E-state index is 12.5. The van der Waals surface area contributed by atoms with Gasteiger partial charge in [0.1, 0.15) is 0 Å². The SMILES string of the molecule is Cc1ccc(-n2cc(NC(=O)c3c[nH]c4ccccc34)cn2)cc1. The van der Waals surface area contributed by atoms with Gasteiger partial charge in [0, 0.05) is 17.1 Å². The Morgan fingerprint density at radius 2 is 1.92 bits per heavy atom. The molecule has 0 atom stereocenters. The predicted molar refractivity (Wildman–Crippen MR) is 94.6 cm³/mol. The van der Waals surface area contributed by atoms with E-state index in [2.05, 4.69) is 15.4 Å². The van der Waals surface area contributed by atoms with Crippen LogP contribution in [0, 0.1) is 6.92 Å². The Hall–Kier alpha value is -3.34. The number of nitrogens with zero attached hydrogens (tertiary/aromatic N) is 2. The Morgan fingerprint density at radius 3 is 2.75 bits per heavy atom. The number of carbonyl (C=O) groups is 1. The molecular weight excluding hydrogens is 300 g/mol. The van der Waals surface area contributed by atoms with Crippen molar-refractivity contribution in [2.24, 2.45) is 0 Å². The largest absolute Gasteiger partial charge is 0.360 e. The normalized spacial score (nSPS) is 10.9. The van der Waals surface area contributed by atoms with Crippen molar-refractivity contribution >= 4 is 22.5 Å². The first-order valence-electron chi connectivity index (χ1n) is 7.70. The Morgan fingerprint density at radius 1 is 1.12 bits per heavy atom. The standard InChI is InChI=1S/C19H16N4O/c1-13-6-8-15(9-7-13)23-12-14(10-21-23)22-19(24)17-11-20-18-5-3-2-4-16(17)18/h2-12,20H,1H3,(H,22,24). The molecule has 118 valence electrons. The summed E-state index contributed by atoms with van der Waals surface area (Å²) in [7, 11) is 0. The number of rotatable bonds is 3. The average Bonchev–Trinajstić information content (AvgIpc) is 3.22. The molecule has 0 saturated heterocycles. The number of hydrogen-bond donors (Lipinski definition) is 2. The van der Waals surface area contributed by atoms with Gasteiger partial charge in [0.15, 0.2) is 0 Å². The van der Waals surface area contributed by atoms with E-state index in [1.165, 1.54) is 5.56 Å². The fraction of sp³-hybridized carbons (Fsp3) is 0.0526. The number of aromatic nitrogens is 3. The summed E-state index contributed by atoms with van der Waals surface area (Å²) in [5.74, 6) is -0.157. The summed E-state index contributed by atoms with van der Waals surface area (Å²) in [6.45, 7) is 2.04. The number of fused-ring (bicyclic) bond motifs is 1. The Kier molecular flexibility index (Phi) is 3.39. The third kappa shape index (κ3) is 2.56. The third-order valence-electron chi connectivity index (χ3n) is 3.97. The van der Waals surface area contributed by atoms with Crippen LogP contribution < -0.4 is 5.32 Å². The zero-order valence-corrected chi connectivity index (χ0v) is 13.2. The van der Waals surface area contributed by atoms with Crippen molar-refractivity contribution in [3.05, 3.63) is 78.2 Å². The van der Waals surface area contributed by atoms with Gasteiger partial charge in [0.25, 0.3) is 5.91 Å². The number of carbonyl (C=O) groups excluding carboxylic acids is 1. The summed E-state index contributed by atoms with van der Waals surface area (Å²) in [4.78, 5) is 15.6. The van der Waals surface area contributed by atoms with Gasteiger partial charge in [-0.05, 0) is 25.1 Å². The first-order valence-corrected chi connectivity index (χ1v) is 7.70. The van der Waals surface area contributed by atoms with Gasteiger partial charge in [0.2, 0.25) is 0 Å². The number of aryl methyl sites for hydroxylation is 1. The van der Waals surface area contributed by atoms with Crippen LogP contribution in [0.3, 0.4) is 0 Å². The van der Waals surface area contributed by atoms with E-state index < -0.39 is 0 Å². The molecule has 2 heterocycles. The van der Waals surface area contributed by atoms with Gasteiger partial charge in [-0.15, -0.1) is 0 Å². The van der Waals surface area contributed by atoms with E-state index in [0.717, 1.165) is 16.6 Å². The smallest absolute Gasteiger partial charge is 0.257 e. The monoisotopic (exact) mass is 316 g/mol. The number of nitrogens with one attached hydrogen (secondary N) is 2. The Labute approximate surface area is 138 Å². The molecule has 0 fully saturated rings. The molecule has 0 unspecified atom stereocenters. The molecule has 0 bridgehead atoms. The zero-order chi connectivity index (χ0) is 16.5. The summed E-state index contributed by atoms with van der Waals surface area (Å²) < 4.78 is 1.74. The van der Waals surface area contributed by atoms with Crippen LogP contribution >= 0.6 is 0 Å². The highest BCUT2D eigenvalue weighted by Crippen LogP contribution is 2.19. The van der Waals surface area contributed by atoms with Gasteiger partial charge in [-0.2, -0.15) is 5.10 Å². The van der Waals surface area contributed by atoms with Crippen LogP contribution in [0.25, 0.3) is 16.6 Å². The minimum Gasteiger partial charge on any atom is -0.360 e. The quantitative estimate of drug-likeness (QED) is 0.602. The van der Waals surface area contributed by atoms with Crippen LogP contribution in [0.4, 0.5) is 5.69 Å². The van der Waals surface area contributed by atoms with Gasteiger partial charge in [-0.1, -0.05) is 35.9 Å². The first kappa shape index (κ1) is 14.3. The topological polar surface area (TPSA) is 62.7 Å². The molecule has 0 aliphatic carbocycles. The van der Waals surface area contributed by atoms with Crippen molar-refractivity contribution in [2.45, 2.75) is 6.92 Å². The van der Waals surface area contributed by atoms with Gasteiger partial charge >= 0.3 is 0 Å². The number of amides is 1. The molecule has 2 aromatic carbocycles. The lowest BCUT2D eigenvalue weighted by molar-refractivity contribution is 0.102. The van der Waals surface area contributed by atoms with E-state index in [1.54, 1.807) is 23.3 Å². The molecule has 0 spiro atoms. The molecule has 5 heteroatoms. The lowest BCUT2D eigenvalue weighted by Crippen LogP contribution is -2.10. The summed E-state index contributed by atoms with van der Waals surface area (Å²) in [6.07, 6.45) is 5.18. The minimum atomic E-state index is -0.157. The minimum absolute atomic E-state index is 0.157. The molecule has 2 N–H and O–H groups in total. The van der Waals surface area contributed by atoms with Crippen molar-refractivity contribution in [2.75, 3.05) is 5.32 Å². The van der Waals surface area contributed by atoms with E-state index in [4.69, 9.17) is 0 Å². The lowest BCUT2D eigenvalue weighted by Gasteiger charge is -2.02. The number of benzene rings is 2. The molecule has 24 heavy (non-hydrogen) atoms. The summed E-state index contributed by atoms with van der Waals surface area (Å²) in [5, 5.41) is 8.11. The number of aromatic amines is 1. The maximum absolute atomic E-state index is 12.5. The molecule has 2 aromatic heterocycles. The van der Waals surface area contributed by atoms with Crippen molar-refractivity contribution < 1.29 is 4.79 Å². The van der Waals surface area contributed by atoms with Crippen LogP contribution in [-0.4, -0.2) is 20.7 Å². The maximum Gasteiger partial charge on any atom is 0.257 e. The van der Waals surface area contributed by atoms with Crippen LogP contribution in [-0.2, 0) is 0 Å². The van der Waals surface area contributed by atoms with Crippen LogP contribution in [0.15, 0.2) is 67.1 Å². The first-order chi connectivity index (χ1) is 11.7. The van der Waals surface area contributed by atoms with Crippen molar-refractivity contribution in [1.82, 2.24) is 14.8 Å². The molecular formula is C19H16N4O. The van der Waals surface area contributed by atoms with Crippen LogP contribution in [0.1, 0.15) is 15.9 Å². The van der Waals surface area contributed by atoms with Crippen LogP contribution in [0.2, 0.25) is 0 Å². The van der Waals surface area contributed by atoms with E-state index in [9.17, 15) is 4.79 Å². The van der Waals surface area contributed by atoms with Gasteiger partial charge < -0.3 is 10.3 Å². The second-order valence-corrected chi connectivity index (χ2v) is 5.71. The highest BCUT2D eigenvalue weighted by Gasteiger charge is 2.12. The zero-order valence-electron chi connectivity index (χ0n) is 13.2.